The maximum atomic E-state index is 9.07. The molecule has 0 spiro atoms. The van der Waals surface area contributed by atoms with Crippen LogP contribution >= 0.6 is 15.9 Å². The van der Waals surface area contributed by atoms with Gasteiger partial charge in [-0.25, -0.2) is 4.98 Å². The van der Waals surface area contributed by atoms with Crippen LogP contribution in [0.4, 0.5) is 5.69 Å². The molecular formula is C13H13BrN4. The highest BCUT2D eigenvalue weighted by Gasteiger charge is 2.05. The molecule has 0 aliphatic heterocycles. The molecule has 0 aliphatic rings. The summed E-state index contributed by atoms with van der Waals surface area (Å²) in [5, 5.41) is 12.3. The molecule has 0 fully saturated rings. The van der Waals surface area contributed by atoms with Crippen molar-refractivity contribution in [2.75, 3.05) is 5.32 Å². The van der Waals surface area contributed by atoms with Gasteiger partial charge in [0.25, 0.3) is 0 Å². The lowest BCUT2D eigenvalue weighted by atomic mass is 10.2. The maximum absolute atomic E-state index is 9.07. The number of benzene rings is 1. The van der Waals surface area contributed by atoms with E-state index in [0.717, 1.165) is 22.5 Å². The predicted octanol–water partition coefficient (Wildman–Crippen LogP) is 3.15. The Balaban J connectivity index is 2.14. The molecule has 0 bridgehead atoms. The summed E-state index contributed by atoms with van der Waals surface area (Å²) in [5.41, 5.74) is 1.45. The highest BCUT2D eigenvalue weighted by Crippen LogP contribution is 2.20. The first kappa shape index (κ1) is 12.7. The molecule has 4 nitrogen and oxygen atoms in total. The SMILES string of the molecule is CCn1ccnc1CNc1ccc(Br)cc1C#N. The molecule has 92 valence electrons. The number of halogens is 1. The standard InChI is InChI=1S/C13H13BrN4/c1-2-18-6-5-16-13(18)9-17-12-4-3-11(14)7-10(12)8-15/h3-7,17H,2,9H2,1H3. The number of aromatic nitrogens is 2. The predicted molar refractivity (Wildman–Crippen MR) is 74.1 cm³/mol. The fourth-order valence-electron chi connectivity index (χ4n) is 1.73. The van der Waals surface area contributed by atoms with E-state index < -0.39 is 0 Å². The summed E-state index contributed by atoms with van der Waals surface area (Å²) in [6, 6.07) is 7.78. The number of nitrogens with one attached hydrogen (secondary N) is 1. The number of hydrogen-bond acceptors (Lipinski definition) is 3. The van der Waals surface area contributed by atoms with Gasteiger partial charge in [0.05, 0.1) is 17.8 Å². The molecule has 0 saturated carbocycles. The minimum atomic E-state index is 0.608. The molecule has 18 heavy (non-hydrogen) atoms. The van der Waals surface area contributed by atoms with Crippen molar-refractivity contribution in [2.24, 2.45) is 0 Å². The molecule has 1 aromatic carbocycles. The van der Waals surface area contributed by atoms with Crippen LogP contribution in [0.2, 0.25) is 0 Å². The van der Waals surface area contributed by atoms with E-state index in [1.165, 1.54) is 0 Å². The molecule has 5 heteroatoms. The number of rotatable bonds is 4. The van der Waals surface area contributed by atoms with E-state index in [9.17, 15) is 0 Å². The number of nitriles is 1. The molecule has 0 aliphatic carbocycles. The van der Waals surface area contributed by atoms with E-state index >= 15 is 0 Å². The maximum Gasteiger partial charge on any atom is 0.128 e. The van der Waals surface area contributed by atoms with Crippen LogP contribution < -0.4 is 5.32 Å². The molecule has 2 rings (SSSR count). The smallest absolute Gasteiger partial charge is 0.128 e. The normalized spacial score (nSPS) is 10.1. The Morgan fingerprint density at radius 3 is 3.06 bits per heavy atom. The molecular weight excluding hydrogens is 292 g/mol. The molecule has 1 N–H and O–H groups in total. The van der Waals surface area contributed by atoms with Gasteiger partial charge in [-0.3, -0.25) is 0 Å². The minimum Gasteiger partial charge on any atom is -0.377 e. The van der Waals surface area contributed by atoms with E-state index in [1.807, 2.05) is 18.3 Å². The quantitative estimate of drug-likeness (QED) is 0.944. The average molecular weight is 305 g/mol. The molecule has 0 radical (unpaired) electrons. The van der Waals surface area contributed by atoms with E-state index in [4.69, 9.17) is 5.26 Å². The van der Waals surface area contributed by atoms with Crippen molar-refractivity contribution in [3.8, 4) is 6.07 Å². The van der Waals surface area contributed by atoms with Gasteiger partial charge in [0, 0.05) is 23.4 Å². The second kappa shape index (κ2) is 5.69. The van der Waals surface area contributed by atoms with Gasteiger partial charge in [0.1, 0.15) is 11.9 Å². The zero-order valence-corrected chi connectivity index (χ0v) is 11.6. The average Bonchev–Trinajstić information content (AvgIpc) is 2.84. The molecule has 0 saturated heterocycles. The van der Waals surface area contributed by atoms with Gasteiger partial charge in [0.15, 0.2) is 0 Å². The number of nitrogens with zero attached hydrogens (tertiary/aromatic N) is 3. The lowest BCUT2D eigenvalue weighted by Gasteiger charge is -2.09. The van der Waals surface area contributed by atoms with Crippen LogP contribution in [0, 0.1) is 11.3 Å². The van der Waals surface area contributed by atoms with Gasteiger partial charge in [-0.2, -0.15) is 5.26 Å². The van der Waals surface area contributed by atoms with Crippen molar-refractivity contribution in [3.05, 3.63) is 46.5 Å². The lowest BCUT2D eigenvalue weighted by molar-refractivity contribution is 0.708. The Hall–Kier alpha value is -1.80. The van der Waals surface area contributed by atoms with Gasteiger partial charge in [0.2, 0.25) is 0 Å². The second-order valence-electron chi connectivity index (χ2n) is 3.78. The van der Waals surface area contributed by atoms with Gasteiger partial charge >= 0.3 is 0 Å². The molecule has 0 unspecified atom stereocenters. The van der Waals surface area contributed by atoms with Crippen LogP contribution in [0.1, 0.15) is 18.3 Å². The zero-order valence-electron chi connectivity index (χ0n) is 10.0. The summed E-state index contributed by atoms with van der Waals surface area (Å²) >= 11 is 3.35. The summed E-state index contributed by atoms with van der Waals surface area (Å²) in [6.07, 6.45) is 3.73. The van der Waals surface area contributed by atoms with Crippen LogP contribution in [-0.2, 0) is 13.1 Å². The number of anilines is 1. The highest BCUT2D eigenvalue weighted by atomic mass is 79.9. The summed E-state index contributed by atoms with van der Waals surface area (Å²) in [6.45, 7) is 3.57. The van der Waals surface area contributed by atoms with E-state index in [-0.39, 0.29) is 0 Å². The van der Waals surface area contributed by atoms with Crippen molar-refractivity contribution in [3.63, 3.8) is 0 Å². The Bertz CT molecular complexity index is 583. The van der Waals surface area contributed by atoms with E-state index in [1.54, 1.807) is 12.3 Å². The van der Waals surface area contributed by atoms with Crippen molar-refractivity contribution in [1.82, 2.24) is 9.55 Å². The van der Waals surface area contributed by atoms with Gasteiger partial charge in [-0.15, -0.1) is 0 Å². The zero-order chi connectivity index (χ0) is 13.0. The Morgan fingerprint density at radius 1 is 1.50 bits per heavy atom. The van der Waals surface area contributed by atoms with Crippen LogP contribution in [-0.4, -0.2) is 9.55 Å². The third kappa shape index (κ3) is 2.71. The molecule has 0 atom stereocenters. The van der Waals surface area contributed by atoms with Gasteiger partial charge in [-0.05, 0) is 25.1 Å². The van der Waals surface area contributed by atoms with Gasteiger partial charge < -0.3 is 9.88 Å². The summed E-state index contributed by atoms with van der Waals surface area (Å²) in [5.74, 6) is 0.962. The first-order valence-corrected chi connectivity index (χ1v) is 6.47. The lowest BCUT2D eigenvalue weighted by Crippen LogP contribution is -2.08. The number of imidazole rings is 1. The topological polar surface area (TPSA) is 53.6 Å². The summed E-state index contributed by atoms with van der Waals surface area (Å²) < 4.78 is 2.97. The third-order valence-electron chi connectivity index (χ3n) is 2.68. The highest BCUT2D eigenvalue weighted by molar-refractivity contribution is 9.10. The second-order valence-corrected chi connectivity index (χ2v) is 4.70. The molecule has 2 aromatic rings. The van der Waals surface area contributed by atoms with Crippen LogP contribution in [0.25, 0.3) is 0 Å². The van der Waals surface area contributed by atoms with Crippen molar-refractivity contribution < 1.29 is 0 Å². The van der Waals surface area contributed by atoms with Crippen LogP contribution in [0.3, 0.4) is 0 Å². The van der Waals surface area contributed by atoms with Crippen molar-refractivity contribution >= 4 is 21.6 Å². The van der Waals surface area contributed by atoms with Crippen molar-refractivity contribution in [1.29, 1.82) is 5.26 Å². The van der Waals surface area contributed by atoms with Gasteiger partial charge in [-0.1, -0.05) is 15.9 Å². The monoisotopic (exact) mass is 304 g/mol. The molecule has 1 aromatic heterocycles. The Labute approximate surface area is 114 Å². The summed E-state index contributed by atoms with van der Waals surface area (Å²) in [7, 11) is 0. The Morgan fingerprint density at radius 2 is 2.33 bits per heavy atom. The fourth-order valence-corrected chi connectivity index (χ4v) is 2.09. The largest absolute Gasteiger partial charge is 0.377 e. The first-order chi connectivity index (χ1) is 8.74. The third-order valence-corrected chi connectivity index (χ3v) is 3.17. The first-order valence-electron chi connectivity index (χ1n) is 5.68. The van der Waals surface area contributed by atoms with Crippen LogP contribution in [0.5, 0.6) is 0 Å². The summed E-state index contributed by atoms with van der Waals surface area (Å²) in [4.78, 5) is 4.28. The molecule has 0 amide bonds. The fraction of sp³-hybridized carbons (Fsp3) is 0.231. The molecule has 1 heterocycles. The Kier molecular flexibility index (Phi) is 4.00. The number of hydrogen-bond donors (Lipinski definition) is 1. The van der Waals surface area contributed by atoms with E-state index in [0.29, 0.717) is 12.1 Å². The van der Waals surface area contributed by atoms with E-state index in [2.05, 4.69) is 43.8 Å². The number of aryl methyl sites for hydroxylation is 1. The minimum absolute atomic E-state index is 0.608. The van der Waals surface area contributed by atoms with Crippen molar-refractivity contribution in [2.45, 2.75) is 20.0 Å². The van der Waals surface area contributed by atoms with Crippen LogP contribution in [0.15, 0.2) is 35.1 Å².